The van der Waals surface area contributed by atoms with Crippen LogP contribution in [-0.2, 0) is 4.74 Å². The van der Waals surface area contributed by atoms with E-state index in [0.717, 1.165) is 59.9 Å². The first-order valence-electron chi connectivity index (χ1n) is 11.9. The topological polar surface area (TPSA) is 94.0 Å². The molecule has 1 saturated heterocycles. The molecule has 0 bridgehead atoms. The lowest BCUT2D eigenvalue weighted by Crippen LogP contribution is -2.85. The predicted molar refractivity (Wildman–Crippen MR) is 135 cm³/mol. The minimum Gasteiger partial charge on any atom is -0.497 e. The maximum atomic E-state index is 13.6. The summed E-state index contributed by atoms with van der Waals surface area (Å²) in [6.45, 7) is 2.07. The highest BCUT2D eigenvalue weighted by molar-refractivity contribution is 6.23. The van der Waals surface area contributed by atoms with Crippen LogP contribution in [0, 0.1) is 5.82 Å². The molecule has 7 nitrogen and oxygen atoms in total. The highest BCUT2D eigenvalue weighted by Gasteiger charge is 2.32. The average molecular weight is 482 g/mol. The molecule has 2 aromatic carbocycles. The number of methoxy groups -OCH3 is 2. The Morgan fingerprint density at radius 1 is 1.17 bits per heavy atom. The Morgan fingerprint density at radius 2 is 1.91 bits per heavy atom. The van der Waals surface area contributed by atoms with Gasteiger partial charge in [-0.25, -0.2) is 9.71 Å². The highest BCUT2D eigenvalue weighted by Crippen LogP contribution is 2.24. The van der Waals surface area contributed by atoms with Crippen LogP contribution in [0.3, 0.4) is 0 Å². The lowest BCUT2D eigenvalue weighted by atomic mass is 9.99. The van der Waals surface area contributed by atoms with Gasteiger partial charge in [0, 0.05) is 31.3 Å². The van der Waals surface area contributed by atoms with Crippen molar-refractivity contribution in [1.82, 2.24) is 10.2 Å². The van der Waals surface area contributed by atoms with Crippen molar-refractivity contribution < 1.29 is 24.0 Å². The molecule has 4 rings (SSSR count). The van der Waals surface area contributed by atoms with Crippen molar-refractivity contribution in [3.8, 4) is 5.75 Å². The number of ether oxygens (including phenoxy) is 2. The Hall–Kier alpha value is -3.20. The van der Waals surface area contributed by atoms with E-state index in [2.05, 4.69) is 21.3 Å². The Labute approximate surface area is 205 Å². The summed E-state index contributed by atoms with van der Waals surface area (Å²) in [5.41, 5.74) is 10.5. The molecule has 2 aromatic rings. The predicted octanol–water partition coefficient (Wildman–Crippen LogP) is 1.10. The van der Waals surface area contributed by atoms with Gasteiger partial charge in [-0.05, 0) is 61.3 Å². The van der Waals surface area contributed by atoms with Crippen molar-refractivity contribution in [2.45, 2.75) is 24.9 Å². The maximum Gasteiger partial charge on any atom is 0.283 e. The van der Waals surface area contributed by atoms with Gasteiger partial charge in [-0.1, -0.05) is 12.1 Å². The molecule has 1 unspecified atom stereocenters. The fourth-order valence-corrected chi connectivity index (χ4v) is 4.74. The zero-order valence-corrected chi connectivity index (χ0v) is 20.3. The molecule has 0 aromatic heterocycles. The van der Waals surface area contributed by atoms with E-state index in [4.69, 9.17) is 15.2 Å². The molecule has 0 aliphatic carbocycles. The zero-order chi connectivity index (χ0) is 24.8. The SMILES string of the molecule is COCC(N)=C(C1=[NH+]C(CN2CCC[C@H]2CO)C=C(c2ccc(F)cc2)N1)c1ccc(OC)cc1. The van der Waals surface area contributed by atoms with Gasteiger partial charge in [0.1, 0.15) is 23.3 Å². The highest BCUT2D eigenvalue weighted by atomic mass is 19.1. The average Bonchev–Trinajstić information content (AvgIpc) is 3.32. The van der Waals surface area contributed by atoms with Crippen LogP contribution in [0.15, 0.2) is 60.3 Å². The number of aliphatic hydroxyl groups excluding tert-OH is 1. The van der Waals surface area contributed by atoms with E-state index in [1.54, 1.807) is 26.4 Å². The number of amidine groups is 1. The second-order valence-electron chi connectivity index (χ2n) is 8.87. The Kier molecular flexibility index (Phi) is 8.17. The first-order valence-corrected chi connectivity index (χ1v) is 11.9. The summed E-state index contributed by atoms with van der Waals surface area (Å²) in [5, 5.41) is 13.3. The fraction of sp³-hybridized carbons (Fsp3) is 0.370. The minimum absolute atomic E-state index is 0.0537. The summed E-state index contributed by atoms with van der Waals surface area (Å²) < 4.78 is 24.3. The van der Waals surface area contributed by atoms with Crippen LogP contribution < -0.4 is 20.8 Å². The number of likely N-dealkylation sites (tertiary alicyclic amines) is 1. The number of hydrogen-bond donors (Lipinski definition) is 4. The molecule has 2 heterocycles. The Balaban J connectivity index is 1.74. The van der Waals surface area contributed by atoms with Gasteiger partial charge >= 0.3 is 0 Å². The van der Waals surface area contributed by atoms with Crippen molar-refractivity contribution in [3.63, 3.8) is 0 Å². The molecule has 5 N–H and O–H groups in total. The standard InChI is InChI=1S/C27H33FN4O3/c1-34-17-24(29)26(19-7-11-23(35-2)12-8-19)27-30-21(15-32-13-3-4-22(32)16-33)14-25(31-27)18-5-9-20(28)10-6-18/h5-12,14,21-22,33H,3-4,13,15-17,29H2,1-2H3,(H,30,31)/p+1/t21?,22-/m0/s1. The molecule has 0 amide bonds. The van der Waals surface area contributed by atoms with Crippen molar-refractivity contribution in [1.29, 1.82) is 0 Å². The number of nitrogens with one attached hydrogen (secondary N) is 2. The lowest BCUT2D eigenvalue weighted by Gasteiger charge is -2.26. The molecule has 1 fully saturated rings. The summed E-state index contributed by atoms with van der Waals surface area (Å²) in [4.78, 5) is 5.92. The molecule has 0 radical (unpaired) electrons. The van der Waals surface area contributed by atoms with E-state index >= 15 is 0 Å². The van der Waals surface area contributed by atoms with Crippen LogP contribution in [0.5, 0.6) is 5.75 Å². The van der Waals surface area contributed by atoms with Gasteiger partial charge in [-0.3, -0.25) is 9.89 Å². The van der Waals surface area contributed by atoms with Crippen molar-refractivity contribution in [2.75, 3.05) is 40.5 Å². The van der Waals surface area contributed by atoms with Gasteiger partial charge in [0.25, 0.3) is 5.84 Å². The summed E-state index contributed by atoms with van der Waals surface area (Å²) >= 11 is 0. The third-order valence-electron chi connectivity index (χ3n) is 6.50. The molecule has 2 atom stereocenters. The van der Waals surface area contributed by atoms with Gasteiger partial charge in [-0.15, -0.1) is 0 Å². The Morgan fingerprint density at radius 3 is 2.57 bits per heavy atom. The number of rotatable bonds is 9. The molecule has 2 aliphatic rings. The van der Waals surface area contributed by atoms with E-state index < -0.39 is 0 Å². The number of nitrogens with two attached hydrogens (primary N) is 1. The molecule has 8 heteroatoms. The molecule has 0 spiro atoms. The van der Waals surface area contributed by atoms with Gasteiger partial charge in [0.2, 0.25) is 0 Å². The second kappa shape index (κ2) is 11.5. The van der Waals surface area contributed by atoms with E-state index in [-0.39, 0.29) is 31.1 Å². The summed E-state index contributed by atoms with van der Waals surface area (Å²) in [5.74, 6) is 1.22. The van der Waals surface area contributed by atoms with Gasteiger partial charge in [0.15, 0.2) is 0 Å². The fourth-order valence-electron chi connectivity index (χ4n) is 4.74. The number of halogens is 1. The monoisotopic (exact) mass is 481 g/mol. The van der Waals surface area contributed by atoms with Crippen molar-refractivity contribution in [2.24, 2.45) is 5.73 Å². The second-order valence-corrected chi connectivity index (χ2v) is 8.87. The lowest BCUT2D eigenvalue weighted by molar-refractivity contribution is -0.491. The largest absolute Gasteiger partial charge is 0.497 e. The zero-order valence-electron chi connectivity index (χ0n) is 20.3. The van der Waals surface area contributed by atoms with E-state index in [0.29, 0.717) is 5.70 Å². The third-order valence-corrected chi connectivity index (χ3v) is 6.50. The van der Waals surface area contributed by atoms with Crippen molar-refractivity contribution >= 4 is 17.1 Å². The number of hydrogen-bond acceptors (Lipinski definition) is 6. The first-order chi connectivity index (χ1) is 17.0. The summed E-state index contributed by atoms with van der Waals surface area (Å²) in [7, 11) is 3.24. The number of nitrogens with zero attached hydrogens (tertiary/aromatic N) is 1. The number of benzene rings is 2. The summed E-state index contributed by atoms with van der Waals surface area (Å²) in [6.07, 6.45) is 4.17. The van der Waals surface area contributed by atoms with Crippen molar-refractivity contribution in [3.05, 3.63) is 77.2 Å². The normalized spacial score (nSPS) is 21.1. The molecular formula is C27H34FN4O3+. The van der Waals surface area contributed by atoms with Crippen LogP contribution in [0.1, 0.15) is 24.0 Å². The van der Waals surface area contributed by atoms with Gasteiger partial charge < -0.3 is 20.3 Å². The molecule has 186 valence electrons. The third kappa shape index (κ3) is 5.90. The van der Waals surface area contributed by atoms with E-state index in [1.807, 2.05) is 24.3 Å². The van der Waals surface area contributed by atoms with Gasteiger partial charge in [0.05, 0.1) is 31.6 Å². The van der Waals surface area contributed by atoms with E-state index in [1.165, 1.54) is 12.1 Å². The van der Waals surface area contributed by atoms with Crippen LogP contribution >= 0.6 is 0 Å². The molecular weight excluding hydrogens is 447 g/mol. The maximum absolute atomic E-state index is 13.6. The Bertz CT molecular complexity index is 1100. The minimum atomic E-state index is -0.282. The number of aliphatic hydroxyl groups is 1. The van der Waals surface area contributed by atoms with Crippen LogP contribution in [0.2, 0.25) is 0 Å². The summed E-state index contributed by atoms with van der Waals surface area (Å²) in [6, 6.07) is 14.2. The smallest absolute Gasteiger partial charge is 0.283 e. The molecule has 35 heavy (non-hydrogen) atoms. The molecule has 2 aliphatic heterocycles. The van der Waals surface area contributed by atoms with Crippen LogP contribution in [0.4, 0.5) is 4.39 Å². The quantitative estimate of drug-likeness (QED) is 0.429. The van der Waals surface area contributed by atoms with E-state index in [9.17, 15) is 9.50 Å². The van der Waals surface area contributed by atoms with Crippen LogP contribution in [-0.4, -0.2) is 68.4 Å². The first kappa shape index (κ1) is 24.9. The van der Waals surface area contributed by atoms with Gasteiger partial charge in [-0.2, -0.15) is 0 Å². The molecule has 0 saturated carbocycles. The van der Waals surface area contributed by atoms with Crippen LogP contribution in [0.25, 0.3) is 11.3 Å².